The van der Waals surface area contributed by atoms with E-state index >= 15 is 0 Å². The van der Waals surface area contributed by atoms with Crippen LogP contribution in [0.2, 0.25) is 0 Å². The molecule has 0 spiro atoms. The zero-order valence-electron chi connectivity index (χ0n) is 10.3. The minimum Gasteiger partial charge on any atom is -0.339 e. The Morgan fingerprint density at radius 2 is 2.47 bits per heavy atom. The Labute approximate surface area is 101 Å². The fourth-order valence-electron chi connectivity index (χ4n) is 2.39. The minimum absolute atomic E-state index is 0.221. The third-order valence-corrected chi connectivity index (χ3v) is 3.29. The maximum atomic E-state index is 10.3. The van der Waals surface area contributed by atoms with Crippen molar-refractivity contribution in [2.45, 2.75) is 32.6 Å². The Bertz CT molecular complexity index is 364. The number of nitrogens with zero attached hydrogens (tertiary/aromatic N) is 3. The molecule has 0 aliphatic carbocycles. The first kappa shape index (κ1) is 12.2. The second-order valence-electron chi connectivity index (χ2n) is 4.58. The van der Waals surface area contributed by atoms with Crippen LogP contribution in [0.15, 0.2) is 4.52 Å². The van der Waals surface area contributed by atoms with Gasteiger partial charge in [0.25, 0.3) is 0 Å². The molecule has 0 bridgehead atoms. The monoisotopic (exact) mass is 237 g/mol. The van der Waals surface area contributed by atoms with E-state index in [1.54, 1.807) is 0 Å². The van der Waals surface area contributed by atoms with Crippen LogP contribution in [0.1, 0.15) is 31.5 Å². The lowest BCUT2D eigenvalue weighted by Gasteiger charge is -2.31. The molecule has 0 N–H and O–H groups in total. The molecule has 1 unspecified atom stereocenters. The first-order valence-corrected chi connectivity index (χ1v) is 6.29. The Kier molecular flexibility index (Phi) is 4.25. The molecular weight excluding hydrogens is 218 g/mol. The molecule has 0 aromatic carbocycles. The highest BCUT2D eigenvalue weighted by Gasteiger charge is 2.20. The molecule has 1 aliphatic heterocycles. The zero-order valence-corrected chi connectivity index (χ0v) is 10.3. The maximum absolute atomic E-state index is 10.3. The van der Waals surface area contributed by atoms with Crippen LogP contribution in [0.4, 0.5) is 0 Å². The topological polar surface area (TPSA) is 59.2 Å². The number of likely N-dealkylation sites (tertiary alicyclic amines) is 1. The summed E-state index contributed by atoms with van der Waals surface area (Å²) in [6.45, 7) is 5.63. The molecule has 0 radical (unpaired) electrons. The van der Waals surface area contributed by atoms with E-state index in [9.17, 15) is 4.79 Å². The van der Waals surface area contributed by atoms with Crippen molar-refractivity contribution in [1.29, 1.82) is 0 Å². The van der Waals surface area contributed by atoms with Crippen LogP contribution in [0.5, 0.6) is 0 Å². The normalized spacial score (nSPS) is 21.6. The van der Waals surface area contributed by atoms with Gasteiger partial charge in [-0.1, -0.05) is 12.1 Å². The number of hydrogen-bond donors (Lipinski definition) is 0. The van der Waals surface area contributed by atoms with Gasteiger partial charge in [0.15, 0.2) is 5.82 Å². The van der Waals surface area contributed by atoms with Crippen molar-refractivity contribution in [3.8, 4) is 0 Å². The molecule has 1 saturated heterocycles. The average Bonchev–Trinajstić information content (AvgIpc) is 2.77. The number of hydrogen-bond acceptors (Lipinski definition) is 5. The van der Waals surface area contributed by atoms with Crippen LogP contribution < -0.4 is 0 Å². The third kappa shape index (κ3) is 3.36. The number of rotatable bonds is 5. The van der Waals surface area contributed by atoms with Crippen LogP contribution in [0.25, 0.3) is 0 Å². The van der Waals surface area contributed by atoms with E-state index in [1.807, 2.05) is 0 Å². The van der Waals surface area contributed by atoms with E-state index in [0.29, 0.717) is 11.8 Å². The summed E-state index contributed by atoms with van der Waals surface area (Å²) < 4.78 is 4.99. The molecule has 5 nitrogen and oxygen atoms in total. The summed E-state index contributed by atoms with van der Waals surface area (Å²) in [5.41, 5.74) is 0. The molecule has 2 rings (SSSR count). The smallest absolute Gasteiger partial charge is 0.233 e. The molecule has 2 heterocycles. The molecule has 1 aromatic heterocycles. The lowest BCUT2D eigenvalue weighted by molar-refractivity contribution is -0.107. The van der Waals surface area contributed by atoms with Gasteiger partial charge < -0.3 is 14.2 Å². The van der Waals surface area contributed by atoms with E-state index in [1.165, 1.54) is 19.4 Å². The fraction of sp³-hybridized carbons (Fsp3) is 0.750. The van der Waals surface area contributed by atoms with Crippen molar-refractivity contribution < 1.29 is 9.32 Å². The van der Waals surface area contributed by atoms with E-state index in [-0.39, 0.29) is 6.42 Å². The standard InChI is InChI=1S/C12H19N3O2/c1-2-15-6-3-4-10(9-15)8-11-13-12(5-7-16)17-14-11/h7,10H,2-6,8-9H2,1H3. The molecule has 0 saturated carbocycles. The van der Waals surface area contributed by atoms with Crippen LogP contribution in [-0.2, 0) is 17.6 Å². The Morgan fingerprint density at radius 3 is 3.24 bits per heavy atom. The molecular formula is C12H19N3O2. The highest BCUT2D eigenvalue weighted by atomic mass is 16.5. The van der Waals surface area contributed by atoms with E-state index in [2.05, 4.69) is 22.0 Å². The largest absolute Gasteiger partial charge is 0.339 e. The van der Waals surface area contributed by atoms with E-state index in [0.717, 1.165) is 31.6 Å². The predicted octanol–water partition coefficient (Wildman–Crippen LogP) is 1.09. The fourth-order valence-corrected chi connectivity index (χ4v) is 2.39. The first-order chi connectivity index (χ1) is 8.31. The average molecular weight is 237 g/mol. The molecule has 1 aromatic rings. The Balaban J connectivity index is 1.88. The highest BCUT2D eigenvalue weighted by molar-refractivity contribution is 5.52. The summed E-state index contributed by atoms with van der Waals surface area (Å²) in [7, 11) is 0. The predicted molar refractivity (Wildman–Crippen MR) is 62.6 cm³/mol. The summed E-state index contributed by atoms with van der Waals surface area (Å²) in [6.07, 6.45) is 4.35. The van der Waals surface area contributed by atoms with Crippen molar-refractivity contribution in [3.05, 3.63) is 11.7 Å². The van der Waals surface area contributed by atoms with E-state index < -0.39 is 0 Å². The Hall–Kier alpha value is -1.23. The van der Waals surface area contributed by atoms with Crippen molar-refractivity contribution in [3.63, 3.8) is 0 Å². The maximum Gasteiger partial charge on any atom is 0.233 e. The second-order valence-corrected chi connectivity index (χ2v) is 4.58. The molecule has 5 heteroatoms. The number of carbonyl (C=O) groups excluding carboxylic acids is 1. The SMILES string of the molecule is CCN1CCCC(Cc2noc(CC=O)n2)C1. The van der Waals surface area contributed by atoms with Gasteiger partial charge in [-0.3, -0.25) is 0 Å². The summed E-state index contributed by atoms with van der Waals surface area (Å²) in [5.74, 6) is 1.79. The van der Waals surface area contributed by atoms with Gasteiger partial charge in [0.1, 0.15) is 6.29 Å². The summed E-state index contributed by atoms with van der Waals surface area (Å²) >= 11 is 0. The van der Waals surface area contributed by atoms with Gasteiger partial charge in [-0.25, -0.2) is 0 Å². The van der Waals surface area contributed by atoms with Crippen molar-refractivity contribution >= 4 is 6.29 Å². The molecule has 1 atom stereocenters. The lowest BCUT2D eigenvalue weighted by Crippen LogP contribution is -2.36. The summed E-state index contributed by atoms with van der Waals surface area (Å²) in [6, 6.07) is 0. The van der Waals surface area contributed by atoms with Gasteiger partial charge in [-0.2, -0.15) is 4.98 Å². The second kappa shape index (κ2) is 5.91. The summed E-state index contributed by atoms with van der Waals surface area (Å²) in [5, 5.41) is 3.92. The zero-order chi connectivity index (χ0) is 12.1. The van der Waals surface area contributed by atoms with Gasteiger partial charge in [0.05, 0.1) is 6.42 Å². The number of aromatic nitrogens is 2. The summed E-state index contributed by atoms with van der Waals surface area (Å²) in [4.78, 5) is 17.0. The molecule has 0 amide bonds. The first-order valence-electron chi connectivity index (χ1n) is 6.29. The highest BCUT2D eigenvalue weighted by Crippen LogP contribution is 2.19. The van der Waals surface area contributed by atoms with Crippen molar-refractivity contribution in [2.24, 2.45) is 5.92 Å². The van der Waals surface area contributed by atoms with Gasteiger partial charge in [-0.05, 0) is 31.8 Å². The van der Waals surface area contributed by atoms with Crippen LogP contribution in [-0.4, -0.2) is 41.0 Å². The van der Waals surface area contributed by atoms with Crippen molar-refractivity contribution in [1.82, 2.24) is 15.0 Å². The van der Waals surface area contributed by atoms with Gasteiger partial charge in [-0.15, -0.1) is 0 Å². The molecule has 17 heavy (non-hydrogen) atoms. The van der Waals surface area contributed by atoms with Gasteiger partial charge >= 0.3 is 0 Å². The van der Waals surface area contributed by atoms with Gasteiger partial charge in [0.2, 0.25) is 5.89 Å². The van der Waals surface area contributed by atoms with Crippen LogP contribution in [0.3, 0.4) is 0 Å². The molecule has 94 valence electrons. The van der Waals surface area contributed by atoms with Crippen molar-refractivity contribution in [2.75, 3.05) is 19.6 Å². The number of piperidine rings is 1. The molecule has 1 fully saturated rings. The number of aldehydes is 1. The lowest BCUT2D eigenvalue weighted by atomic mass is 9.94. The number of carbonyl (C=O) groups is 1. The van der Waals surface area contributed by atoms with E-state index in [4.69, 9.17) is 4.52 Å². The van der Waals surface area contributed by atoms with Gasteiger partial charge in [0, 0.05) is 13.0 Å². The molecule has 1 aliphatic rings. The minimum atomic E-state index is 0.221. The third-order valence-electron chi connectivity index (χ3n) is 3.29. The van der Waals surface area contributed by atoms with Crippen LogP contribution >= 0.6 is 0 Å². The quantitative estimate of drug-likeness (QED) is 0.717. The Morgan fingerprint density at radius 1 is 1.59 bits per heavy atom. The van der Waals surface area contributed by atoms with Crippen LogP contribution in [0, 0.1) is 5.92 Å².